The molecule has 8 heteroatoms. The Labute approximate surface area is 112 Å². The van der Waals surface area contributed by atoms with Gasteiger partial charge >= 0.3 is 0 Å². The summed E-state index contributed by atoms with van der Waals surface area (Å²) in [4.78, 5) is 22.9. The van der Waals surface area contributed by atoms with E-state index in [9.17, 15) is 9.18 Å². The summed E-state index contributed by atoms with van der Waals surface area (Å²) in [5.74, 6) is -0.691. The lowest BCUT2D eigenvalue weighted by Crippen LogP contribution is -2.15. The molecule has 6 nitrogen and oxygen atoms in total. The van der Waals surface area contributed by atoms with Crippen LogP contribution in [0, 0.1) is 5.82 Å². The summed E-state index contributed by atoms with van der Waals surface area (Å²) in [6, 6.07) is 5.94. The second-order valence-corrected chi connectivity index (χ2v) is 4.39. The summed E-state index contributed by atoms with van der Waals surface area (Å²) in [5.41, 5.74) is 5.52. The number of hydrogen-bond donors (Lipinski definition) is 2. The number of thioether (sulfide) groups is 1. The quantitative estimate of drug-likeness (QED) is 0.820. The number of halogens is 1. The first-order valence-corrected chi connectivity index (χ1v) is 6.25. The molecule has 2 rings (SSSR count). The maximum Gasteiger partial charge on any atom is 0.234 e. The van der Waals surface area contributed by atoms with Crippen LogP contribution < -0.4 is 11.1 Å². The highest BCUT2D eigenvalue weighted by molar-refractivity contribution is 7.99. The molecule has 0 saturated heterocycles. The number of nitrogens with two attached hydrogens (primary N) is 1. The minimum Gasteiger partial charge on any atom is -0.368 e. The van der Waals surface area contributed by atoms with E-state index < -0.39 is 5.82 Å². The molecule has 0 bridgehead atoms. The van der Waals surface area contributed by atoms with Crippen LogP contribution >= 0.6 is 11.8 Å². The Hall–Kier alpha value is -2.22. The molecule has 0 aliphatic carbocycles. The van der Waals surface area contributed by atoms with Gasteiger partial charge < -0.3 is 11.1 Å². The number of carbonyl (C=O) groups excluding carboxylic acids is 1. The smallest absolute Gasteiger partial charge is 0.234 e. The van der Waals surface area contributed by atoms with Crippen molar-refractivity contribution >= 4 is 29.3 Å². The van der Waals surface area contributed by atoms with Crippen LogP contribution in [0.3, 0.4) is 0 Å². The molecule has 0 saturated carbocycles. The minimum absolute atomic E-state index is 0.0534. The largest absolute Gasteiger partial charge is 0.368 e. The van der Waals surface area contributed by atoms with Gasteiger partial charge in [-0.2, -0.15) is 4.98 Å². The van der Waals surface area contributed by atoms with Crippen LogP contribution in [0.5, 0.6) is 0 Å². The molecule has 3 N–H and O–H groups in total. The van der Waals surface area contributed by atoms with Crippen LogP contribution in [-0.4, -0.2) is 26.6 Å². The zero-order valence-electron chi connectivity index (χ0n) is 9.71. The van der Waals surface area contributed by atoms with Crippen LogP contribution in [0.15, 0.2) is 35.7 Å². The van der Waals surface area contributed by atoms with Crippen LogP contribution in [0.2, 0.25) is 0 Å². The number of hydrogen-bond acceptors (Lipinski definition) is 6. The van der Waals surface area contributed by atoms with Crippen LogP contribution in [0.1, 0.15) is 0 Å². The SMILES string of the molecule is Nc1ncnc(SCC(=O)Nc2ccccc2F)n1. The molecule has 19 heavy (non-hydrogen) atoms. The first-order chi connectivity index (χ1) is 9.15. The summed E-state index contributed by atoms with van der Waals surface area (Å²) in [5, 5.41) is 2.80. The summed E-state index contributed by atoms with van der Waals surface area (Å²) < 4.78 is 13.3. The molecule has 1 aromatic carbocycles. The van der Waals surface area contributed by atoms with Gasteiger partial charge in [0.25, 0.3) is 0 Å². The molecule has 0 aliphatic heterocycles. The zero-order valence-corrected chi connectivity index (χ0v) is 10.5. The van der Waals surface area contributed by atoms with E-state index in [1.807, 2.05) is 0 Å². The van der Waals surface area contributed by atoms with Crippen molar-refractivity contribution in [2.24, 2.45) is 0 Å². The summed E-state index contributed by atoms with van der Waals surface area (Å²) in [6.07, 6.45) is 1.26. The van der Waals surface area contributed by atoms with Gasteiger partial charge in [-0.15, -0.1) is 0 Å². The van der Waals surface area contributed by atoms with E-state index in [-0.39, 0.29) is 23.3 Å². The van der Waals surface area contributed by atoms with E-state index in [1.54, 1.807) is 12.1 Å². The van der Waals surface area contributed by atoms with Gasteiger partial charge in [-0.05, 0) is 12.1 Å². The van der Waals surface area contributed by atoms with Gasteiger partial charge in [0, 0.05) is 0 Å². The number of benzene rings is 1. The third-order valence-electron chi connectivity index (χ3n) is 2.05. The van der Waals surface area contributed by atoms with Gasteiger partial charge in [0.1, 0.15) is 12.1 Å². The Balaban J connectivity index is 1.90. The topological polar surface area (TPSA) is 93.8 Å². The fourth-order valence-corrected chi connectivity index (χ4v) is 1.85. The second kappa shape index (κ2) is 6.10. The van der Waals surface area contributed by atoms with Crippen molar-refractivity contribution in [3.8, 4) is 0 Å². The Bertz CT molecular complexity index is 595. The fourth-order valence-electron chi connectivity index (χ4n) is 1.24. The standard InChI is InChI=1S/C11H10FN5OS/c12-7-3-1-2-4-8(7)16-9(18)5-19-11-15-6-14-10(13)17-11/h1-4,6H,5H2,(H,16,18)(H2,13,14,15,17). The van der Waals surface area contributed by atoms with E-state index in [0.29, 0.717) is 5.16 Å². The van der Waals surface area contributed by atoms with Crippen molar-refractivity contribution in [3.63, 3.8) is 0 Å². The molecule has 1 aromatic heterocycles. The highest BCUT2D eigenvalue weighted by Crippen LogP contribution is 2.15. The molecule has 0 spiro atoms. The Kier molecular flexibility index (Phi) is 4.24. The van der Waals surface area contributed by atoms with Crippen molar-refractivity contribution in [2.75, 3.05) is 16.8 Å². The lowest BCUT2D eigenvalue weighted by molar-refractivity contribution is -0.113. The molecular weight excluding hydrogens is 269 g/mol. The Morgan fingerprint density at radius 2 is 2.16 bits per heavy atom. The number of nitrogen functional groups attached to an aromatic ring is 1. The number of anilines is 2. The summed E-state index contributed by atoms with van der Waals surface area (Å²) in [7, 11) is 0. The molecule has 0 unspecified atom stereocenters. The van der Waals surface area contributed by atoms with E-state index in [0.717, 1.165) is 11.8 Å². The lowest BCUT2D eigenvalue weighted by Gasteiger charge is -2.05. The molecule has 0 aliphatic rings. The predicted octanol–water partition coefficient (Wildman–Crippen LogP) is 1.32. The van der Waals surface area contributed by atoms with Crippen LogP contribution in [0.4, 0.5) is 16.0 Å². The number of nitrogens with zero attached hydrogens (tertiary/aromatic N) is 3. The van der Waals surface area contributed by atoms with Gasteiger partial charge in [-0.1, -0.05) is 23.9 Å². The first-order valence-electron chi connectivity index (χ1n) is 5.27. The summed E-state index contributed by atoms with van der Waals surface area (Å²) >= 11 is 1.09. The van der Waals surface area contributed by atoms with Gasteiger partial charge in [0.15, 0.2) is 5.16 Å². The maximum absolute atomic E-state index is 13.3. The predicted molar refractivity (Wildman–Crippen MR) is 70.0 cm³/mol. The molecule has 0 radical (unpaired) electrons. The van der Waals surface area contributed by atoms with Crippen molar-refractivity contribution in [3.05, 3.63) is 36.4 Å². The van der Waals surface area contributed by atoms with Crippen molar-refractivity contribution in [1.29, 1.82) is 0 Å². The summed E-state index contributed by atoms with van der Waals surface area (Å²) in [6.45, 7) is 0. The van der Waals surface area contributed by atoms with Crippen molar-refractivity contribution in [2.45, 2.75) is 5.16 Å². The number of rotatable bonds is 4. The number of aromatic nitrogens is 3. The zero-order chi connectivity index (χ0) is 13.7. The normalized spacial score (nSPS) is 10.2. The van der Waals surface area contributed by atoms with Crippen LogP contribution in [-0.2, 0) is 4.79 Å². The highest BCUT2D eigenvalue weighted by Gasteiger charge is 2.08. The number of para-hydroxylation sites is 1. The monoisotopic (exact) mass is 279 g/mol. The number of amides is 1. The van der Waals surface area contributed by atoms with Crippen molar-refractivity contribution in [1.82, 2.24) is 15.0 Å². The van der Waals surface area contributed by atoms with Crippen LogP contribution in [0.25, 0.3) is 0 Å². The Morgan fingerprint density at radius 3 is 2.89 bits per heavy atom. The van der Waals surface area contributed by atoms with Crippen molar-refractivity contribution < 1.29 is 9.18 Å². The van der Waals surface area contributed by atoms with E-state index in [4.69, 9.17) is 5.73 Å². The number of carbonyl (C=O) groups is 1. The second-order valence-electron chi connectivity index (χ2n) is 3.44. The highest BCUT2D eigenvalue weighted by atomic mass is 32.2. The molecule has 0 atom stereocenters. The minimum atomic E-state index is -0.481. The Morgan fingerprint density at radius 1 is 1.37 bits per heavy atom. The molecule has 98 valence electrons. The molecule has 0 fully saturated rings. The van der Waals surface area contributed by atoms with Gasteiger partial charge in [-0.25, -0.2) is 14.4 Å². The van der Waals surface area contributed by atoms with E-state index in [2.05, 4.69) is 20.3 Å². The van der Waals surface area contributed by atoms with E-state index in [1.165, 1.54) is 18.5 Å². The van der Waals surface area contributed by atoms with Gasteiger partial charge in [-0.3, -0.25) is 4.79 Å². The fraction of sp³-hybridized carbons (Fsp3) is 0.0909. The first kappa shape index (κ1) is 13.2. The molecular formula is C11H10FN5OS. The van der Waals surface area contributed by atoms with E-state index >= 15 is 0 Å². The number of nitrogens with one attached hydrogen (secondary N) is 1. The maximum atomic E-state index is 13.3. The molecule has 2 aromatic rings. The average Bonchev–Trinajstić information content (AvgIpc) is 2.39. The third-order valence-corrected chi connectivity index (χ3v) is 2.91. The van der Waals surface area contributed by atoms with Gasteiger partial charge in [0.05, 0.1) is 11.4 Å². The lowest BCUT2D eigenvalue weighted by atomic mass is 10.3. The average molecular weight is 279 g/mol. The third kappa shape index (κ3) is 3.88. The molecule has 1 heterocycles. The van der Waals surface area contributed by atoms with Gasteiger partial charge in [0.2, 0.25) is 11.9 Å². The molecule has 1 amide bonds.